The molecule has 1 fully saturated rings. The minimum atomic E-state index is -0.997. The van der Waals surface area contributed by atoms with Crippen molar-refractivity contribution in [3.63, 3.8) is 0 Å². The van der Waals surface area contributed by atoms with Crippen molar-refractivity contribution in [2.75, 3.05) is 12.3 Å². The molecule has 1 aliphatic heterocycles. The first-order valence-corrected chi connectivity index (χ1v) is 3.86. The van der Waals surface area contributed by atoms with Crippen molar-refractivity contribution in [3.05, 3.63) is 0 Å². The molecule has 0 aliphatic carbocycles. The van der Waals surface area contributed by atoms with E-state index in [0.717, 1.165) is 11.8 Å². The van der Waals surface area contributed by atoms with Gasteiger partial charge in [-0.05, 0) is 0 Å². The summed E-state index contributed by atoms with van der Waals surface area (Å²) in [5, 5.41) is 10.5. The van der Waals surface area contributed by atoms with Gasteiger partial charge >= 0.3 is 5.97 Å². The van der Waals surface area contributed by atoms with E-state index >= 15 is 0 Å². The van der Waals surface area contributed by atoms with Crippen molar-refractivity contribution in [1.82, 2.24) is 5.32 Å². The van der Waals surface area contributed by atoms with Gasteiger partial charge in [0.15, 0.2) is 0 Å². The fourth-order valence-corrected chi connectivity index (χ4v) is 1.19. The lowest BCUT2D eigenvalue weighted by Gasteiger charge is -1.91. The van der Waals surface area contributed by atoms with Gasteiger partial charge in [-0.3, -0.25) is 14.6 Å². The smallest absolute Gasteiger partial charge is 0.325 e. The Morgan fingerprint density at radius 1 is 1.82 bits per heavy atom. The van der Waals surface area contributed by atoms with E-state index in [2.05, 4.69) is 10.3 Å². The van der Waals surface area contributed by atoms with Crippen LogP contribution in [-0.2, 0) is 4.79 Å². The minimum absolute atomic E-state index is 0.172. The average Bonchev–Trinajstić information content (AvgIpc) is 2.31. The Bertz CT molecular complexity index is 226. The van der Waals surface area contributed by atoms with E-state index in [9.17, 15) is 9.59 Å². The van der Waals surface area contributed by atoms with Gasteiger partial charge in [-0.2, -0.15) is 0 Å². The van der Waals surface area contributed by atoms with Crippen LogP contribution in [-0.4, -0.2) is 34.4 Å². The van der Waals surface area contributed by atoms with Crippen LogP contribution in [0.3, 0.4) is 0 Å². The lowest BCUT2D eigenvalue weighted by atomic mass is 10.6. The number of hydrogen-bond donors (Lipinski definition) is 2. The van der Waals surface area contributed by atoms with Gasteiger partial charge in [0.25, 0.3) is 5.24 Å². The highest BCUT2D eigenvalue weighted by molar-refractivity contribution is 8.14. The van der Waals surface area contributed by atoms with E-state index in [0.29, 0.717) is 11.6 Å². The van der Waals surface area contributed by atoms with Gasteiger partial charge in [-0.25, -0.2) is 0 Å². The summed E-state index contributed by atoms with van der Waals surface area (Å²) in [5.74, 6) is -0.0994. The fraction of sp³-hybridized carbons (Fsp3) is 0.400. The number of amidine groups is 1. The first-order chi connectivity index (χ1) is 5.18. The van der Waals surface area contributed by atoms with Crippen LogP contribution in [0.2, 0.25) is 0 Å². The summed E-state index contributed by atoms with van der Waals surface area (Å²) >= 11 is 1.08. The monoisotopic (exact) mass is 174 g/mol. The van der Waals surface area contributed by atoms with Crippen LogP contribution in [0, 0.1) is 0 Å². The number of carbonyl (C=O) groups excluding carboxylic acids is 1. The quantitative estimate of drug-likeness (QED) is 0.614. The molecule has 11 heavy (non-hydrogen) atoms. The molecular weight excluding hydrogens is 168 g/mol. The van der Waals surface area contributed by atoms with Gasteiger partial charge in [0, 0.05) is 0 Å². The third-order valence-corrected chi connectivity index (χ3v) is 1.77. The summed E-state index contributed by atoms with van der Waals surface area (Å²) < 4.78 is 0. The topological polar surface area (TPSA) is 78.8 Å². The Labute approximate surface area is 66.9 Å². The molecule has 1 rings (SSSR count). The van der Waals surface area contributed by atoms with Crippen LogP contribution >= 0.6 is 11.8 Å². The molecule has 0 bridgehead atoms. The van der Waals surface area contributed by atoms with E-state index in [-0.39, 0.29) is 11.8 Å². The third-order valence-electron chi connectivity index (χ3n) is 0.992. The van der Waals surface area contributed by atoms with Crippen LogP contribution in [0.15, 0.2) is 4.99 Å². The first-order valence-electron chi connectivity index (χ1n) is 2.87. The normalized spacial score (nSPS) is 20.4. The van der Waals surface area contributed by atoms with Gasteiger partial charge in [0.2, 0.25) is 0 Å². The minimum Gasteiger partial charge on any atom is -0.480 e. The number of aliphatic imine (C=N–C) groups is 1. The molecule has 0 aromatic carbocycles. The van der Waals surface area contributed by atoms with E-state index in [1.165, 1.54) is 0 Å². The van der Waals surface area contributed by atoms with Gasteiger partial charge < -0.3 is 10.4 Å². The number of rotatable bonds is 2. The van der Waals surface area contributed by atoms with Crippen molar-refractivity contribution in [2.24, 2.45) is 4.99 Å². The molecular formula is C5H6N2O3S. The molecule has 0 saturated carbocycles. The molecule has 0 radical (unpaired) electrons. The molecule has 60 valence electrons. The van der Waals surface area contributed by atoms with Gasteiger partial charge in [0.1, 0.15) is 12.4 Å². The molecule has 0 spiro atoms. The van der Waals surface area contributed by atoms with E-state index in [4.69, 9.17) is 5.11 Å². The number of amides is 1. The molecule has 1 amide bonds. The zero-order valence-corrected chi connectivity index (χ0v) is 6.35. The Morgan fingerprint density at radius 3 is 3.00 bits per heavy atom. The number of aliphatic carboxylic acids is 1. The summed E-state index contributed by atoms with van der Waals surface area (Å²) in [6.45, 7) is -0.282. The van der Waals surface area contributed by atoms with Crippen LogP contribution in [0.25, 0.3) is 0 Å². The van der Waals surface area contributed by atoms with E-state index in [1.54, 1.807) is 0 Å². The summed E-state index contributed by atoms with van der Waals surface area (Å²) in [6, 6.07) is 0. The number of carbonyl (C=O) groups is 2. The van der Waals surface area contributed by atoms with Crippen molar-refractivity contribution >= 4 is 28.8 Å². The largest absolute Gasteiger partial charge is 0.480 e. The lowest BCUT2D eigenvalue weighted by molar-refractivity contribution is -0.135. The molecule has 0 unspecified atom stereocenters. The van der Waals surface area contributed by atoms with Crippen molar-refractivity contribution in [3.8, 4) is 0 Å². The van der Waals surface area contributed by atoms with Gasteiger partial charge in [-0.15, -0.1) is 0 Å². The second kappa shape index (κ2) is 3.38. The van der Waals surface area contributed by atoms with Crippen LogP contribution in [0.4, 0.5) is 4.79 Å². The van der Waals surface area contributed by atoms with Crippen LogP contribution in [0.5, 0.6) is 0 Å². The third kappa shape index (κ3) is 2.58. The summed E-state index contributed by atoms with van der Waals surface area (Å²) in [4.78, 5) is 24.2. The first kappa shape index (κ1) is 8.06. The number of hydrogen-bond acceptors (Lipinski definition) is 4. The zero-order valence-electron chi connectivity index (χ0n) is 5.53. The molecule has 0 aromatic rings. The van der Waals surface area contributed by atoms with Crippen molar-refractivity contribution in [2.45, 2.75) is 0 Å². The maximum atomic E-state index is 10.5. The van der Waals surface area contributed by atoms with Gasteiger partial charge in [0.05, 0.1) is 5.75 Å². The molecule has 1 heterocycles. The predicted molar refractivity (Wildman–Crippen MR) is 40.9 cm³/mol. The highest BCUT2D eigenvalue weighted by atomic mass is 32.2. The maximum absolute atomic E-state index is 10.5. The zero-order chi connectivity index (χ0) is 8.27. The Hall–Kier alpha value is -1.04. The Morgan fingerprint density at radius 2 is 2.55 bits per heavy atom. The van der Waals surface area contributed by atoms with Crippen molar-refractivity contribution in [1.29, 1.82) is 0 Å². The van der Waals surface area contributed by atoms with Crippen LogP contribution in [0.1, 0.15) is 0 Å². The second-order valence-electron chi connectivity index (χ2n) is 1.86. The number of thioether (sulfide) groups is 1. The molecule has 1 aliphatic rings. The molecule has 1 saturated heterocycles. The van der Waals surface area contributed by atoms with Crippen LogP contribution < -0.4 is 5.32 Å². The predicted octanol–water partition coefficient (Wildman–Crippen LogP) is -0.0741. The lowest BCUT2D eigenvalue weighted by Crippen LogP contribution is -2.20. The number of nitrogens with one attached hydrogen (secondary N) is 1. The summed E-state index contributed by atoms with van der Waals surface area (Å²) in [5.41, 5.74) is 0. The van der Waals surface area contributed by atoms with Crippen molar-refractivity contribution < 1.29 is 14.7 Å². The Kier molecular flexibility index (Phi) is 2.48. The highest BCUT2D eigenvalue weighted by Gasteiger charge is 2.15. The number of carboxylic acids is 1. The second-order valence-corrected chi connectivity index (χ2v) is 2.81. The number of nitrogens with zero attached hydrogens (tertiary/aromatic N) is 1. The van der Waals surface area contributed by atoms with E-state index < -0.39 is 5.97 Å². The fourth-order valence-electron chi connectivity index (χ4n) is 0.572. The van der Waals surface area contributed by atoms with E-state index in [1.807, 2.05) is 0 Å². The Balaban J connectivity index is 2.42. The molecule has 0 aromatic heterocycles. The standard InChI is InChI=1S/C5H6N2O3S/c8-4(9)1-6-3-2-11-5(10)7-3/h1-2H2,(H,8,9)(H,6,7,10). The highest BCUT2D eigenvalue weighted by Crippen LogP contribution is 2.08. The average molecular weight is 174 g/mol. The van der Waals surface area contributed by atoms with Gasteiger partial charge in [-0.1, -0.05) is 11.8 Å². The summed E-state index contributed by atoms with van der Waals surface area (Å²) in [7, 11) is 0. The molecule has 6 heteroatoms. The SMILES string of the molecule is O=C(O)CN=C1CSC(=O)N1. The molecule has 0 atom stereocenters. The molecule has 2 N–H and O–H groups in total. The maximum Gasteiger partial charge on any atom is 0.325 e. The number of carboxylic acid groups (broad SMARTS) is 1. The summed E-state index contributed by atoms with van der Waals surface area (Å²) in [6.07, 6.45) is 0. The molecule has 5 nitrogen and oxygen atoms in total.